The SMILES string of the molecule is COCC(C)OC(=O)CN1C(=O)COc2ccc(-c3csc(-c4ccccn4)n3)cc21. The fourth-order valence-electron chi connectivity index (χ4n) is 3.21. The second-order valence-electron chi connectivity index (χ2n) is 6.96. The molecule has 0 aliphatic carbocycles. The van der Waals surface area contributed by atoms with Crippen molar-refractivity contribution in [1.82, 2.24) is 9.97 Å². The molecule has 0 bridgehead atoms. The first-order valence-electron chi connectivity index (χ1n) is 9.68. The lowest BCUT2D eigenvalue weighted by Gasteiger charge is -2.29. The van der Waals surface area contributed by atoms with E-state index in [0.717, 1.165) is 22.0 Å². The van der Waals surface area contributed by atoms with Crippen molar-refractivity contribution in [3.63, 3.8) is 0 Å². The maximum atomic E-state index is 12.5. The Morgan fingerprint density at radius 1 is 1.29 bits per heavy atom. The van der Waals surface area contributed by atoms with Gasteiger partial charge in [-0.05, 0) is 37.3 Å². The fourth-order valence-corrected chi connectivity index (χ4v) is 4.01. The van der Waals surface area contributed by atoms with E-state index in [-0.39, 0.29) is 25.7 Å². The van der Waals surface area contributed by atoms with Gasteiger partial charge in [-0.15, -0.1) is 11.3 Å². The van der Waals surface area contributed by atoms with Crippen LogP contribution < -0.4 is 9.64 Å². The van der Waals surface area contributed by atoms with Crippen molar-refractivity contribution >= 4 is 28.9 Å². The summed E-state index contributed by atoms with van der Waals surface area (Å²) in [5.74, 6) is -0.294. The summed E-state index contributed by atoms with van der Waals surface area (Å²) in [6.45, 7) is 1.68. The summed E-state index contributed by atoms with van der Waals surface area (Å²) in [6.07, 6.45) is 1.32. The number of carbonyl (C=O) groups is 2. The van der Waals surface area contributed by atoms with Crippen LogP contribution in [0.1, 0.15) is 6.92 Å². The van der Waals surface area contributed by atoms with Crippen LogP contribution in [-0.4, -0.2) is 54.8 Å². The standard InChI is InChI=1S/C22H21N3O5S/c1-14(11-28-2)30-21(27)10-25-18-9-15(6-7-19(18)29-12-20(25)26)17-13-31-22(24-17)16-5-3-4-8-23-16/h3-9,13-14H,10-12H2,1-2H3. The molecule has 2 aromatic heterocycles. The average Bonchev–Trinajstić information content (AvgIpc) is 3.26. The first-order chi connectivity index (χ1) is 15.0. The summed E-state index contributed by atoms with van der Waals surface area (Å²) in [6, 6.07) is 11.1. The zero-order valence-corrected chi connectivity index (χ0v) is 17.9. The molecule has 0 N–H and O–H groups in total. The third-order valence-corrected chi connectivity index (χ3v) is 5.47. The number of nitrogens with zero attached hydrogens (tertiary/aromatic N) is 3. The van der Waals surface area contributed by atoms with E-state index in [4.69, 9.17) is 14.2 Å². The maximum Gasteiger partial charge on any atom is 0.326 e. The van der Waals surface area contributed by atoms with Gasteiger partial charge in [-0.1, -0.05) is 6.07 Å². The summed E-state index contributed by atoms with van der Waals surface area (Å²) < 4.78 is 15.8. The van der Waals surface area contributed by atoms with Crippen LogP contribution in [0.15, 0.2) is 48.0 Å². The monoisotopic (exact) mass is 439 g/mol. The van der Waals surface area contributed by atoms with E-state index in [0.29, 0.717) is 11.4 Å². The first-order valence-corrected chi connectivity index (χ1v) is 10.6. The first kappa shape index (κ1) is 21.0. The van der Waals surface area contributed by atoms with Crippen molar-refractivity contribution in [3.05, 3.63) is 48.0 Å². The lowest BCUT2D eigenvalue weighted by molar-refractivity contribution is -0.149. The second-order valence-corrected chi connectivity index (χ2v) is 7.82. The molecule has 0 radical (unpaired) electrons. The minimum absolute atomic E-state index is 0.131. The van der Waals surface area contributed by atoms with Crippen molar-refractivity contribution in [2.24, 2.45) is 0 Å². The van der Waals surface area contributed by atoms with Crippen LogP contribution in [0.5, 0.6) is 5.75 Å². The Bertz CT molecular complexity index is 1090. The minimum atomic E-state index is -0.512. The number of benzene rings is 1. The van der Waals surface area contributed by atoms with E-state index in [9.17, 15) is 9.59 Å². The van der Waals surface area contributed by atoms with Crippen LogP contribution in [0.3, 0.4) is 0 Å². The molecule has 31 heavy (non-hydrogen) atoms. The molecular formula is C22H21N3O5S. The number of pyridine rings is 1. The molecule has 1 aliphatic heterocycles. The highest BCUT2D eigenvalue weighted by atomic mass is 32.1. The molecule has 3 aromatic rings. The number of hydrogen-bond donors (Lipinski definition) is 0. The summed E-state index contributed by atoms with van der Waals surface area (Å²) in [7, 11) is 1.53. The Kier molecular flexibility index (Phi) is 6.24. The second kappa shape index (κ2) is 9.23. The highest BCUT2D eigenvalue weighted by Gasteiger charge is 2.29. The van der Waals surface area contributed by atoms with Gasteiger partial charge >= 0.3 is 5.97 Å². The van der Waals surface area contributed by atoms with Gasteiger partial charge in [0.25, 0.3) is 5.91 Å². The van der Waals surface area contributed by atoms with E-state index in [1.54, 1.807) is 25.3 Å². The number of esters is 1. The molecule has 160 valence electrons. The average molecular weight is 439 g/mol. The number of methoxy groups -OCH3 is 1. The highest BCUT2D eigenvalue weighted by Crippen LogP contribution is 2.37. The molecule has 1 atom stereocenters. The number of hydrogen-bond acceptors (Lipinski definition) is 8. The molecule has 3 heterocycles. The van der Waals surface area contributed by atoms with E-state index >= 15 is 0 Å². The van der Waals surface area contributed by atoms with E-state index < -0.39 is 12.1 Å². The number of ether oxygens (including phenoxy) is 3. The summed E-state index contributed by atoms with van der Waals surface area (Å²) in [5.41, 5.74) is 2.87. The van der Waals surface area contributed by atoms with Gasteiger partial charge in [0, 0.05) is 24.3 Å². The van der Waals surface area contributed by atoms with Gasteiger partial charge in [0.15, 0.2) is 6.61 Å². The predicted octanol–water partition coefficient (Wildman–Crippen LogP) is 3.18. The van der Waals surface area contributed by atoms with Crippen molar-refractivity contribution in [2.75, 3.05) is 31.8 Å². The molecule has 1 amide bonds. The van der Waals surface area contributed by atoms with Crippen molar-refractivity contribution < 1.29 is 23.8 Å². The third kappa shape index (κ3) is 4.73. The molecule has 0 saturated heterocycles. The smallest absolute Gasteiger partial charge is 0.326 e. The van der Waals surface area contributed by atoms with Crippen LogP contribution in [0, 0.1) is 0 Å². The van der Waals surface area contributed by atoms with E-state index in [1.807, 2.05) is 29.6 Å². The van der Waals surface area contributed by atoms with Gasteiger partial charge in [0.05, 0.1) is 23.7 Å². The lowest BCUT2D eigenvalue weighted by Crippen LogP contribution is -2.43. The van der Waals surface area contributed by atoms with Gasteiger partial charge in [-0.25, -0.2) is 4.98 Å². The van der Waals surface area contributed by atoms with Gasteiger partial charge < -0.3 is 14.2 Å². The Hall–Kier alpha value is -3.30. The molecule has 8 nitrogen and oxygen atoms in total. The molecule has 1 aliphatic rings. The van der Waals surface area contributed by atoms with Gasteiger partial charge in [0.2, 0.25) is 0 Å². The third-order valence-electron chi connectivity index (χ3n) is 4.61. The molecule has 9 heteroatoms. The van der Waals surface area contributed by atoms with E-state index in [1.165, 1.54) is 23.3 Å². The van der Waals surface area contributed by atoms with Gasteiger partial charge in [-0.2, -0.15) is 0 Å². The molecule has 0 spiro atoms. The van der Waals surface area contributed by atoms with Crippen LogP contribution in [0.2, 0.25) is 0 Å². The van der Waals surface area contributed by atoms with Crippen LogP contribution in [0.4, 0.5) is 5.69 Å². The Labute approximate surface area is 183 Å². The number of fused-ring (bicyclic) bond motifs is 1. The minimum Gasteiger partial charge on any atom is -0.482 e. The summed E-state index contributed by atoms with van der Waals surface area (Å²) in [4.78, 5) is 35.2. The number of amides is 1. The number of thiazole rings is 1. The summed E-state index contributed by atoms with van der Waals surface area (Å²) >= 11 is 1.49. The van der Waals surface area contributed by atoms with Gasteiger partial charge in [0.1, 0.15) is 23.4 Å². The molecule has 0 saturated carbocycles. The Balaban J connectivity index is 1.58. The summed E-state index contributed by atoms with van der Waals surface area (Å²) in [5, 5.41) is 2.73. The highest BCUT2D eigenvalue weighted by molar-refractivity contribution is 7.13. The Morgan fingerprint density at radius 3 is 2.94 bits per heavy atom. The van der Waals surface area contributed by atoms with Crippen molar-refractivity contribution in [2.45, 2.75) is 13.0 Å². The Morgan fingerprint density at radius 2 is 2.16 bits per heavy atom. The lowest BCUT2D eigenvalue weighted by atomic mass is 10.1. The van der Waals surface area contributed by atoms with Crippen molar-refractivity contribution in [3.8, 4) is 27.7 Å². The number of carbonyl (C=O) groups excluding carboxylic acids is 2. The zero-order valence-electron chi connectivity index (χ0n) is 17.1. The van der Waals surface area contributed by atoms with Crippen LogP contribution in [0.25, 0.3) is 22.0 Å². The molecular weight excluding hydrogens is 418 g/mol. The molecule has 0 fully saturated rings. The van der Waals surface area contributed by atoms with Crippen LogP contribution >= 0.6 is 11.3 Å². The largest absolute Gasteiger partial charge is 0.482 e. The van der Waals surface area contributed by atoms with Crippen molar-refractivity contribution in [1.29, 1.82) is 0 Å². The van der Waals surface area contributed by atoms with E-state index in [2.05, 4.69) is 9.97 Å². The maximum absolute atomic E-state index is 12.5. The molecule has 4 rings (SSSR count). The number of anilines is 1. The predicted molar refractivity (Wildman–Crippen MR) is 116 cm³/mol. The zero-order chi connectivity index (χ0) is 21.8. The topological polar surface area (TPSA) is 90.9 Å². The number of rotatable bonds is 7. The fraction of sp³-hybridized carbons (Fsp3) is 0.273. The molecule has 1 aromatic carbocycles. The number of aromatic nitrogens is 2. The molecule has 1 unspecified atom stereocenters. The quantitative estimate of drug-likeness (QED) is 0.522. The van der Waals surface area contributed by atoms with Gasteiger partial charge in [-0.3, -0.25) is 19.5 Å². The van der Waals surface area contributed by atoms with Crippen LogP contribution in [-0.2, 0) is 19.1 Å². The normalized spacial score (nSPS) is 14.0.